The van der Waals surface area contributed by atoms with Crippen molar-refractivity contribution in [1.82, 2.24) is 4.57 Å². The third-order valence-corrected chi connectivity index (χ3v) is 5.40. The molecule has 0 radical (unpaired) electrons. The summed E-state index contributed by atoms with van der Waals surface area (Å²) in [7, 11) is -2.12. The molecule has 130 valence electrons. The molecule has 0 aliphatic carbocycles. The van der Waals surface area contributed by atoms with Gasteiger partial charge >= 0.3 is 0 Å². The summed E-state index contributed by atoms with van der Waals surface area (Å²) in [4.78, 5) is 0.210. The number of nitrogens with one attached hydrogen (secondary N) is 1. The van der Waals surface area contributed by atoms with Crippen molar-refractivity contribution in [2.75, 3.05) is 11.8 Å². The van der Waals surface area contributed by atoms with Crippen molar-refractivity contribution in [3.63, 3.8) is 0 Å². The molecule has 3 rings (SSSR count). The van der Waals surface area contributed by atoms with Crippen molar-refractivity contribution >= 4 is 15.7 Å². The summed E-state index contributed by atoms with van der Waals surface area (Å²) in [6.45, 7) is 4.03. The van der Waals surface area contributed by atoms with Gasteiger partial charge in [-0.1, -0.05) is 6.07 Å². The van der Waals surface area contributed by atoms with Gasteiger partial charge in [0.15, 0.2) is 0 Å². The summed E-state index contributed by atoms with van der Waals surface area (Å²) in [6, 6.07) is 17.7. The number of nitrogens with zero attached hydrogens (tertiary/aromatic N) is 1. The third-order valence-electron chi connectivity index (χ3n) is 4.00. The molecule has 1 N–H and O–H groups in total. The second kappa shape index (κ2) is 6.64. The minimum atomic E-state index is -3.66. The first-order valence-corrected chi connectivity index (χ1v) is 9.31. The molecule has 2 aromatic carbocycles. The highest BCUT2D eigenvalue weighted by Gasteiger charge is 2.15. The molecular formula is C19H20N2O3S. The molecule has 25 heavy (non-hydrogen) atoms. The molecule has 0 amide bonds. The highest BCUT2D eigenvalue weighted by atomic mass is 32.2. The minimum absolute atomic E-state index is 0.210. The van der Waals surface area contributed by atoms with E-state index in [1.807, 2.05) is 26.0 Å². The monoisotopic (exact) mass is 356 g/mol. The molecular weight excluding hydrogens is 336 g/mol. The Morgan fingerprint density at radius 3 is 2.16 bits per heavy atom. The van der Waals surface area contributed by atoms with Gasteiger partial charge in [0.05, 0.1) is 17.7 Å². The second-order valence-corrected chi connectivity index (χ2v) is 7.47. The van der Waals surface area contributed by atoms with Gasteiger partial charge in [-0.3, -0.25) is 4.72 Å². The summed E-state index contributed by atoms with van der Waals surface area (Å²) in [5.74, 6) is 0.592. The molecule has 0 saturated heterocycles. The molecule has 1 aromatic heterocycles. The topological polar surface area (TPSA) is 60.3 Å². The molecule has 1 heterocycles. The molecule has 0 bridgehead atoms. The van der Waals surface area contributed by atoms with Crippen LogP contribution in [0.1, 0.15) is 11.4 Å². The number of rotatable bonds is 5. The Labute approximate surface area is 147 Å². The first-order chi connectivity index (χ1) is 11.9. The van der Waals surface area contributed by atoms with E-state index in [2.05, 4.69) is 9.29 Å². The van der Waals surface area contributed by atoms with Crippen molar-refractivity contribution in [1.29, 1.82) is 0 Å². The Balaban J connectivity index is 1.88. The molecule has 0 fully saturated rings. The first kappa shape index (κ1) is 17.1. The first-order valence-electron chi connectivity index (χ1n) is 7.83. The highest BCUT2D eigenvalue weighted by molar-refractivity contribution is 7.92. The van der Waals surface area contributed by atoms with E-state index in [0.29, 0.717) is 11.4 Å². The Morgan fingerprint density at radius 2 is 1.56 bits per heavy atom. The molecule has 6 heteroatoms. The lowest BCUT2D eigenvalue weighted by molar-refractivity contribution is 0.415. The summed E-state index contributed by atoms with van der Waals surface area (Å²) in [5.41, 5.74) is 3.59. The highest BCUT2D eigenvalue weighted by Crippen LogP contribution is 2.22. The van der Waals surface area contributed by atoms with E-state index in [-0.39, 0.29) is 4.90 Å². The van der Waals surface area contributed by atoms with Crippen LogP contribution in [-0.2, 0) is 10.0 Å². The zero-order valence-electron chi connectivity index (χ0n) is 14.4. The van der Waals surface area contributed by atoms with E-state index in [1.54, 1.807) is 48.5 Å². The summed E-state index contributed by atoms with van der Waals surface area (Å²) < 4.78 is 34.9. The van der Waals surface area contributed by atoms with E-state index in [0.717, 1.165) is 17.1 Å². The lowest BCUT2D eigenvalue weighted by Crippen LogP contribution is -2.13. The maximum absolute atomic E-state index is 12.6. The van der Waals surface area contributed by atoms with Crippen LogP contribution in [0, 0.1) is 13.8 Å². The fraction of sp³-hybridized carbons (Fsp3) is 0.158. The molecule has 0 unspecified atom stereocenters. The summed E-state index contributed by atoms with van der Waals surface area (Å²) in [5, 5.41) is 0. The van der Waals surface area contributed by atoms with E-state index in [9.17, 15) is 8.42 Å². The van der Waals surface area contributed by atoms with Crippen LogP contribution < -0.4 is 9.46 Å². The van der Waals surface area contributed by atoms with Crippen LogP contribution in [0.2, 0.25) is 0 Å². The van der Waals surface area contributed by atoms with E-state index in [1.165, 1.54) is 7.11 Å². The molecule has 0 spiro atoms. The van der Waals surface area contributed by atoms with E-state index in [4.69, 9.17) is 4.74 Å². The Kier molecular flexibility index (Phi) is 4.55. The SMILES string of the molecule is COc1cccc(NS(=O)(=O)c2ccc(-n3c(C)ccc3C)cc2)c1. The Hall–Kier alpha value is -2.73. The number of benzene rings is 2. The molecule has 0 atom stereocenters. The average Bonchev–Trinajstić information content (AvgIpc) is 2.93. The van der Waals surface area contributed by atoms with E-state index < -0.39 is 10.0 Å². The number of hydrogen-bond acceptors (Lipinski definition) is 3. The van der Waals surface area contributed by atoms with Gasteiger partial charge in [0.2, 0.25) is 0 Å². The Bertz CT molecular complexity index is 970. The number of sulfonamides is 1. The molecule has 0 aliphatic heterocycles. The van der Waals surface area contributed by atoms with Gasteiger partial charge in [0.1, 0.15) is 5.75 Å². The zero-order chi connectivity index (χ0) is 18.0. The van der Waals surface area contributed by atoms with Gasteiger partial charge in [0, 0.05) is 23.1 Å². The number of aromatic nitrogens is 1. The number of methoxy groups -OCH3 is 1. The number of anilines is 1. The summed E-state index contributed by atoms with van der Waals surface area (Å²) in [6.07, 6.45) is 0. The zero-order valence-corrected chi connectivity index (χ0v) is 15.2. The predicted molar refractivity (Wildman–Crippen MR) is 99.0 cm³/mol. The molecule has 0 aliphatic rings. The van der Waals surface area contributed by atoms with E-state index >= 15 is 0 Å². The van der Waals surface area contributed by atoms with Gasteiger partial charge < -0.3 is 9.30 Å². The largest absolute Gasteiger partial charge is 0.497 e. The smallest absolute Gasteiger partial charge is 0.261 e. The molecule has 0 saturated carbocycles. The number of ether oxygens (including phenoxy) is 1. The van der Waals surface area contributed by atoms with Crippen molar-refractivity contribution in [2.45, 2.75) is 18.7 Å². The lowest BCUT2D eigenvalue weighted by Gasteiger charge is -2.12. The quantitative estimate of drug-likeness (QED) is 0.754. The fourth-order valence-corrected chi connectivity index (χ4v) is 3.80. The fourth-order valence-electron chi connectivity index (χ4n) is 2.75. The Morgan fingerprint density at radius 1 is 0.920 bits per heavy atom. The van der Waals surface area contributed by atoms with Gasteiger partial charge in [-0.15, -0.1) is 0 Å². The van der Waals surface area contributed by atoms with Crippen LogP contribution in [-0.4, -0.2) is 20.1 Å². The maximum Gasteiger partial charge on any atom is 0.261 e. The van der Waals surface area contributed by atoms with Crippen molar-refractivity contribution in [2.24, 2.45) is 0 Å². The van der Waals surface area contributed by atoms with Gasteiger partial charge in [-0.05, 0) is 62.4 Å². The normalized spacial score (nSPS) is 11.3. The van der Waals surface area contributed by atoms with Crippen molar-refractivity contribution in [3.8, 4) is 11.4 Å². The maximum atomic E-state index is 12.6. The standard InChI is InChI=1S/C19H20N2O3S/c1-14-7-8-15(2)21(14)17-9-11-19(12-10-17)25(22,23)20-16-5-4-6-18(13-16)24-3/h4-13,20H,1-3H3. The number of hydrogen-bond donors (Lipinski definition) is 1. The van der Waals surface area contributed by atoms with Crippen LogP contribution in [0.3, 0.4) is 0 Å². The third kappa shape index (κ3) is 3.53. The van der Waals surface area contributed by atoms with Gasteiger partial charge in [-0.25, -0.2) is 8.42 Å². The van der Waals surface area contributed by atoms with Crippen molar-refractivity contribution < 1.29 is 13.2 Å². The summed E-state index contributed by atoms with van der Waals surface area (Å²) >= 11 is 0. The van der Waals surface area contributed by atoms with Gasteiger partial charge in [-0.2, -0.15) is 0 Å². The number of aryl methyl sites for hydroxylation is 2. The average molecular weight is 356 g/mol. The van der Waals surface area contributed by atoms with Crippen molar-refractivity contribution in [3.05, 3.63) is 72.1 Å². The minimum Gasteiger partial charge on any atom is -0.497 e. The van der Waals surface area contributed by atoms with Crippen LogP contribution >= 0.6 is 0 Å². The van der Waals surface area contributed by atoms with Crippen LogP contribution in [0.25, 0.3) is 5.69 Å². The van der Waals surface area contributed by atoms with Crippen LogP contribution in [0.4, 0.5) is 5.69 Å². The lowest BCUT2D eigenvalue weighted by atomic mass is 10.3. The second-order valence-electron chi connectivity index (χ2n) is 5.78. The van der Waals surface area contributed by atoms with Crippen LogP contribution in [0.15, 0.2) is 65.6 Å². The predicted octanol–water partition coefficient (Wildman–Crippen LogP) is 3.90. The molecule has 3 aromatic rings. The molecule has 5 nitrogen and oxygen atoms in total. The van der Waals surface area contributed by atoms with Crippen LogP contribution in [0.5, 0.6) is 5.75 Å². The van der Waals surface area contributed by atoms with Gasteiger partial charge in [0.25, 0.3) is 10.0 Å².